The molecule has 0 aliphatic heterocycles. The summed E-state index contributed by atoms with van der Waals surface area (Å²) < 4.78 is 0. The number of hydrogen-bond acceptors (Lipinski definition) is 4. The average Bonchev–Trinajstić information content (AvgIpc) is 3.03. The van der Waals surface area contributed by atoms with Gasteiger partial charge in [-0.1, -0.05) is 18.2 Å². The van der Waals surface area contributed by atoms with E-state index in [0.717, 1.165) is 16.8 Å². The normalized spacial score (nSPS) is 10.2. The monoisotopic (exact) mass is 281 g/mol. The van der Waals surface area contributed by atoms with Crippen LogP contribution in [0, 0.1) is 0 Å². The highest BCUT2D eigenvalue weighted by Crippen LogP contribution is 2.20. The van der Waals surface area contributed by atoms with Gasteiger partial charge in [0.1, 0.15) is 4.88 Å². The van der Waals surface area contributed by atoms with Gasteiger partial charge in [0.25, 0.3) is 5.91 Å². The molecule has 0 aliphatic rings. The van der Waals surface area contributed by atoms with Crippen molar-refractivity contribution >= 4 is 22.9 Å². The van der Waals surface area contributed by atoms with Crippen LogP contribution in [0.25, 0.3) is 11.1 Å². The van der Waals surface area contributed by atoms with Crippen LogP contribution in [0.15, 0.2) is 60.5 Å². The zero-order chi connectivity index (χ0) is 13.8. The van der Waals surface area contributed by atoms with Crippen molar-refractivity contribution in [2.45, 2.75) is 0 Å². The Morgan fingerprint density at radius 1 is 1.00 bits per heavy atom. The van der Waals surface area contributed by atoms with E-state index in [-0.39, 0.29) is 5.91 Å². The fourth-order valence-electron chi connectivity index (χ4n) is 1.80. The fraction of sp³-hybridized carbons (Fsp3) is 0. The predicted octanol–water partition coefficient (Wildman–Crippen LogP) is 3.46. The molecule has 0 saturated carbocycles. The summed E-state index contributed by atoms with van der Waals surface area (Å²) in [6.45, 7) is 0. The van der Waals surface area contributed by atoms with Crippen LogP contribution in [0.3, 0.4) is 0 Å². The molecule has 0 unspecified atom stereocenters. The number of amides is 1. The van der Waals surface area contributed by atoms with E-state index >= 15 is 0 Å². The first-order valence-electron chi connectivity index (χ1n) is 6.03. The Morgan fingerprint density at radius 3 is 2.50 bits per heavy atom. The maximum absolute atomic E-state index is 11.9. The number of carbonyl (C=O) groups is 1. The molecular weight excluding hydrogens is 270 g/mol. The number of rotatable bonds is 3. The Balaban J connectivity index is 1.75. The lowest BCUT2D eigenvalue weighted by molar-refractivity contribution is 0.103. The largest absolute Gasteiger partial charge is 0.321 e. The number of hydrogen-bond donors (Lipinski definition) is 1. The molecule has 3 rings (SSSR count). The first-order valence-corrected chi connectivity index (χ1v) is 6.91. The van der Waals surface area contributed by atoms with E-state index in [4.69, 9.17) is 0 Å². The lowest BCUT2D eigenvalue weighted by Gasteiger charge is -2.05. The molecule has 0 radical (unpaired) electrons. The van der Waals surface area contributed by atoms with E-state index < -0.39 is 0 Å². The molecule has 0 spiro atoms. The minimum absolute atomic E-state index is 0.137. The molecule has 0 aliphatic carbocycles. The molecule has 3 aromatic rings. The van der Waals surface area contributed by atoms with Crippen molar-refractivity contribution in [1.82, 2.24) is 9.97 Å². The SMILES string of the molecule is O=C(Nc1ccc(-c2cccnc2)cc1)c1cncs1. The third-order valence-electron chi connectivity index (χ3n) is 2.79. The van der Waals surface area contributed by atoms with Crippen LogP contribution >= 0.6 is 11.3 Å². The van der Waals surface area contributed by atoms with Gasteiger partial charge in [0.2, 0.25) is 0 Å². The molecule has 0 saturated heterocycles. The summed E-state index contributed by atoms with van der Waals surface area (Å²) in [7, 11) is 0. The third kappa shape index (κ3) is 2.73. The van der Waals surface area contributed by atoms with E-state index in [2.05, 4.69) is 15.3 Å². The van der Waals surface area contributed by atoms with Gasteiger partial charge in [-0.2, -0.15) is 0 Å². The summed E-state index contributed by atoms with van der Waals surface area (Å²) in [5, 5.41) is 2.84. The number of aromatic nitrogens is 2. The molecule has 20 heavy (non-hydrogen) atoms. The van der Waals surface area contributed by atoms with Gasteiger partial charge in [0.05, 0.1) is 11.7 Å². The Labute approximate surface area is 120 Å². The minimum Gasteiger partial charge on any atom is -0.321 e. The molecule has 1 N–H and O–H groups in total. The van der Waals surface area contributed by atoms with Crippen LogP contribution in [0.5, 0.6) is 0 Å². The second-order valence-electron chi connectivity index (χ2n) is 4.14. The lowest BCUT2D eigenvalue weighted by Crippen LogP contribution is -2.09. The lowest BCUT2D eigenvalue weighted by atomic mass is 10.1. The van der Waals surface area contributed by atoms with Gasteiger partial charge >= 0.3 is 0 Å². The van der Waals surface area contributed by atoms with Gasteiger partial charge in [-0.15, -0.1) is 11.3 Å². The maximum Gasteiger partial charge on any atom is 0.267 e. The second-order valence-corrected chi connectivity index (χ2v) is 5.03. The van der Waals surface area contributed by atoms with Gasteiger partial charge in [0, 0.05) is 18.1 Å². The molecule has 5 heteroatoms. The van der Waals surface area contributed by atoms with Gasteiger partial charge in [-0.3, -0.25) is 14.8 Å². The fourth-order valence-corrected chi connectivity index (χ4v) is 2.32. The summed E-state index contributed by atoms with van der Waals surface area (Å²) in [6, 6.07) is 11.6. The predicted molar refractivity (Wildman–Crippen MR) is 79.7 cm³/mol. The highest BCUT2D eigenvalue weighted by Gasteiger charge is 2.07. The van der Waals surface area contributed by atoms with Crippen molar-refractivity contribution in [3.8, 4) is 11.1 Å². The molecule has 2 heterocycles. The quantitative estimate of drug-likeness (QED) is 0.800. The Hall–Kier alpha value is -2.53. The van der Waals surface area contributed by atoms with Crippen molar-refractivity contribution in [2.75, 3.05) is 5.32 Å². The summed E-state index contributed by atoms with van der Waals surface area (Å²) in [4.78, 5) is 20.5. The minimum atomic E-state index is -0.137. The number of pyridine rings is 1. The Bertz CT molecular complexity index is 694. The van der Waals surface area contributed by atoms with E-state index in [9.17, 15) is 4.79 Å². The number of nitrogens with zero attached hydrogens (tertiary/aromatic N) is 2. The van der Waals surface area contributed by atoms with Gasteiger partial charge in [-0.25, -0.2) is 0 Å². The van der Waals surface area contributed by atoms with E-state index in [1.54, 1.807) is 17.9 Å². The average molecular weight is 281 g/mol. The molecule has 0 atom stereocenters. The first kappa shape index (κ1) is 12.5. The molecule has 0 fully saturated rings. The molecule has 2 aromatic heterocycles. The van der Waals surface area contributed by atoms with Crippen molar-refractivity contribution in [3.63, 3.8) is 0 Å². The molecule has 98 valence electrons. The van der Waals surface area contributed by atoms with Crippen molar-refractivity contribution < 1.29 is 4.79 Å². The number of thiazole rings is 1. The number of anilines is 1. The van der Waals surface area contributed by atoms with E-state index in [0.29, 0.717) is 4.88 Å². The van der Waals surface area contributed by atoms with Crippen LogP contribution in [0.1, 0.15) is 9.67 Å². The topological polar surface area (TPSA) is 54.9 Å². The number of nitrogens with one attached hydrogen (secondary N) is 1. The summed E-state index contributed by atoms with van der Waals surface area (Å²) in [5.74, 6) is -0.137. The Kier molecular flexibility index (Phi) is 3.52. The molecule has 0 bridgehead atoms. The smallest absolute Gasteiger partial charge is 0.267 e. The standard InChI is InChI=1S/C15H11N3OS/c19-15(14-9-17-10-20-14)18-13-5-3-11(4-6-13)12-2-1-7-16-8-12/h1-10H,(H,18,19). The molecule has 1 aromatic carbocycles. The summed E-state index contributed by atoms with van der Waals surface area (Å²) in [6.07, 6.45) is 5.11. The highest BCUT2D eigenvalue weighted by atomic mass is 32.1. The van der Waals surface area contributed by atoms with Crippen molar-refractivity contribution in [3.05, 3.63) is 65.4 Å². The van der Waals surface area contributed by atoms with E-state index in [1.165, 1.54) is 11.3 Å². The van der Waals surface area contributed by atoms with Gasteiger partial charge in [-0.05, 0) is 29.3 Å². The second kappa shape index (κ2) is 5.63. The first-order chi connectivity index (χ1) is 9.83. The Morgan fingerprint density at radius 2 is 1.85 bits per heavy atom. The van der Waals surface area contributed by atoms with Crippen molar-refractivity contribution in [2.24, 2.45) is 0 Å². The van der Waals surface area contributed by atoms with Crippen molar-refractivity contribution in [1.29, 1.82) is 0 Å². The maximum atomic E-state index is 11.9. The number of carbonyl (C=O) groups excluding carboxylic acids is 1. The zero-order valence-electron chi connectivity index (χ0n) is 10.5. The zero-order valence-corrected chi connectivity index (χ0v) is 11.3. The molecular formula is C15H11N3OS. The van der Waals surface area contributed by atoms with Crippen LogP contribution in [0.2, 0.25) is 0 Å². The van der Waals surface area contributed by atoms with Gasteiger partial charge in [0.15, 0.2) is 0 Å². The van der Waals surface area contributed by atoms with Crippen LogP contribution in [-0.2, 0) is 0 Å². The van der Waals surface area contributed by atoms with Crippen LogP contribution in [-0.4, -0.2) is 15.9 Å². The van der Waals surface area contributed by atoms with E-state index in [1.807, 2.05) is 42.6 Å². The summed E-state index contributed by atoms with van der Waals surface area (Å²) >= 11 is 1.32. The van der Waals surface area contributed by atoms with Gasteiger partial charge < -0.3 is 5.32 Å². The highest BCUT2D eigenvalue weighted by molar-refractivity contribution is 7.11. The number of benzene rings is 1. The molecule has 1 amide bonds. The van der Waals surface area contributed by atoms with Crippen LogP contribution < -0.4 is 5.32 Å². The summed E-state index contributed by atoms with van der Waals surface area (Å²) in [5.41, 5.74) is 4.51. The van der Waals surface area contributed by atoms with Crippen LogP contribution in [0.4, 0.5) is 5.69 Å². The molecule has 4 nitrogen and oxygen atoms in total. The third-order valence-corrected chi connectivity index (χ3v) is 3.57.